The fraction of sp³-hybridized carbons (Fsp3) is 0.660. The van der Waals surface area contributed by atoms with Crippen molar-refractivity contribution in [2.45, 2.75) is 398 Å². The number of ether oxygens (including phenoxy) is 2. The minimum Gasteiger partial charge on any atom is -0.493 e. The second-order valence-electron chi connectivity index (χ2n) is 28.7. The Morgan fingerprint density at radius 3 is 0.855 bits per heavy atom. The van der Waals surface area contributed by atoms with E-state index in [4.69, 9.17) is 28.4 Å². The molecule has 0 saturated heterocycles. The van der Waals surface area contributed by atoms with E-state index >= 15 is 0 Å². The summed E-state index contributed by atoms with van der Waals surface area (Å²) < 4.78 is 136. The first-order chi connectivity index (χ1) is 54.4. The minimum absolute atomic E-state index is 0. The predicted octanol–water partition coefficient (Wildman–Crippen LogP) is 32.4. The molecule has 0 bridgehead atoms. The largest absolute Gasteiger partial charge is 0.493 e. The number of thiophene rings is 8. The van der Waals surface area contributed by atoms with Crippen molar-refractivity contribution in [2.75, 3.05) is 40.6 Å². The van der Waals surface area contributed by atoms with Crippen molar-refractivity contribution < 1.29 is 80.9 Å². The first kappa shape index (κ1) is 136. The van der Waals surface area contributed by atoms with Crippen molar-refractivity contribution in [3.05, 3.63) is 136 Å². The second kappa shape index (κ2) is 72.3. The highest BCUT2D eigenvalue weighted by molar-refractivity contribution is 7.87. The molecule has 0 amide bonds. The summed E-state index contributed by atoms with van der Waals surface area (Å²) in [7, 11) is -13.5. The molecule has 30 heteroatoms. The lowest BCUT2D eigenvalue weighted by atomic mass is 10.0. The number of unbranched alkanes of at least 4 members (excludes halogenated alkanes) is 18. The van der Waals surface area contributed by atoms with Crippen LogP contribution in [0.2, 0.25) is 0 Å². The fourth-order valence-electron chi connectivity index (χ4n) is 13.0. The minimum atomic E-state index is -4.18. The molecule has 0 fully saturated rings. The maximum absolute atomic E-state index is 11.5. The van der Waals surface area contributed by atoms with Crippen molar-refractivity contribution in [3.8, 4) is 11.5 Å². The first-order valence-corrected chi connectivity index (χ1v) is 52.7. The summed E-state index contributed by atoms with van der Waals surface area (Å²) in [6.07, 6.45) is 32.3. The molecule has 0 spiro atoms. The zero-order valence-corrected chi connectivity index (χ0v) is 83.7. The van der Waals surface area contributed by atoms with Gasteiger partial charge in [0.2, 0.25) is 0 Å². The SMILES string of the molecule is C.C.C.C.C.C.C.C.CCCCCCCCCCCCc1c(C)sc(C)c1S(=O)(=O)O.CCCCCCCCCCCCc1cc(C)sc1C.CCOc1c(C)sc(C)c1S(=O)(=O)O.CCOc1cc(C)sc1C.COOCCCc1c(C)sc(C)c1S(=O)(=O)O.COOCCCc1cc(C)sc1C.Cc1cc(C)c(C)s1.Cc1sc(C)c(S(=O)(=O)O)c1C. The predicted molar refractivity (Wildman–Crippen MR) is 549 cm³/mol. The molecule has 0 unspecified atom stereocenters. The van der Waals surface area contributed by atoms with Crippen LogP contribution >= 0.6 is 90.7 Å². The molecule has 4 N–H and O–H groups in total. The summed E-state index contributed by atoms with van der Waals surface area (Å²) in [5, 5.41) is 0. The summed E-state index contributed by atoms with van der Waals surface area (Å²) in [4.78, 5) is 36.1. The molecule has 0 aliphatic rings. The second-order valence-corrected chi connectivity index (χ2v) is 45.6. The van der Waals surface area contributed by atoms with Crippen molar-refractivity contribution in [3.63, 3.8) is 0 Å². The van der Waals surface area contributed by atoms with Gasteiger partial charge in [-0.15, -0.1) is 90.7 Å². The van der Waals surface area contributed by atoms with Gasteiger partial charge in [0.05, 0.1) is 40.6 Å². The third-order valence-corrected chi connectivity index (χ3v) is 31.7. The summed E-state index contributed by atoms with van der Waals surface area (Å²) >= 11 is 13.0. The standard InChI is InChI=1S/C18H32O3S2.C18H32S.C10H16O5S2.C10H16O2S.C8H12O4S2.C8H12OS.C7H10O3S2.C7H10S.8CH4/c1-4-5-6-7-8-9-10-11-12-13-14-17-15(2)22-16(3)18(17)23(19,20)21;1-4-5-6-7-8-9-10-11-12-13-14-18-15-16(2)19-17(18)3;1-7-9(5-4-6-15-14-3)10(8(2)16-7)17(11,12)13;1-8-7-10(9(2)13-8)5-4-6-12-11-3;1-4-12-7-5(2)13-6(3)8(7)14(9,10)11;1-4-9-8-5-6(2)10-7(8)3;1-4-5(2)11-6(3)7(4)12(8,9)10;1-5-4-6(2)8-7(5)3;;;;;;;;/h4-14H2,1-3H3,(H,19,20,21);15H,4-14H2,1-3H3;4-6H2,1-3H3,(H,11,12,13);7H,4-6H2,1-3H3;4H2,1-3H3,(H,9,10,11);5H,4H2,1-3H3;1-3H3,(H,8,9,10);4H,1-3H3;8*1H4. The van der Waals surface area contributed by atoms with Gasteiger partial charge in [-0.1, -0.05) is 189 Å². The number of rotatable bonds is 40. The van der Waals surface area contributed by atoms with E-state index in [1.165, 1.54) is 225 Å². The summed E-state index contributed by atoms with van der Waals surface area (Å²) in [6.45, 7) is 45.8. The fourth-order valence-corrected chi connectivity index (χ4v) is 26.2. The maximum atomic E-state index is 11.5. The van der Waals surface area contributed by atoms with Crippen LogP contribution in [0.4, 0.5) is 0 Å². The van der Waals surface area contributed by atoms with Gasteiger partial charge in [-0.05, 0) is 247 Å². The van der Waals surface area contributed by atoms with Crippen molar-refractivity contribution in [2.24, 2.45) is 0 Å². The molecule has 0 atom stereocenters. The highest BCUT2D eigenvalue weighted by atomic mass is 32.2. The van der Waals surface area contributed by atoms with Gasteiger partial charge in [-0.2, -0.15) is 33.7 Å². The van der Waals surface area contributed by atoms with Crippen LogP contribution in [0.1, 0.15) is 340 Å². The van der Waals surface area contributed by atoms with E-state index in [9.17, 15) is 42.8 Å². The molecule has 0 saturated carbocycles. The van der Waals surface area contributed by atoms with Crippen LogP contribution in [0.25, 0.3) is 0 Å². The molecule has 8 aromatic rings. The normalized spacial score (nSPS) is 10.6. The van der Waals surface area contributed by atoms with Crippen LogP contribution in [0.5, 0.6) is 11.5 Å². The van der Waals surface area contributed by atoms with E-state index in [2.05, 4.69) is 110 Å². The molecule has 8 heterocycles. The Kier molecular flexibility index (Phi) is 79.4. The van der Waals surface area contributed by atoms with Gasteiger partial charge >= 0.3 is 0 Å². The van der Waals surface area contributed by atoms with Gasteiger partial charge < -0.3 is 9.47 Å². The van der Waals surface area contributed by atoms with Crippen molar-refractivity contribution >= 4 is 131 Å². The molecule has 8 aromatic heterocycles. The molecule has 0 aliphatic heterocycles. The lowest BCUT2D eigenvalue weighted by Crippen LogP contribution is -2.04. The number of hydrogen-bond donors (Lipinski definition) is 4. The van der Waals surface area contributed by atoms with Crippen LogP contribution in [0.15, 0.2) is 43.8 Å². The van der Waals surface area contributed by atoms with E-state index in [0.717, 1.165) is 69.5 Å². The average Bonchev–Trinajstić information content (AvgIpc) is 1.68. The van der Waals surface area contributed by atoms with Gasteiger partial charge in [-0.3, -0.25) is 18.2 Å². The Hall–Kier alpha value is -3.32. The molecular formula is C94H172O18S12. The highest BCUT2D eigenvalue weighted by Crippen LogP contribution is 2.39. The third-order valence-electron chi connectivity index (χ3n) is 18.6. The topological polar surface area (TPSA) is 273 Å². The lowest BCUT2D eigenvalue weighted by Gasteiger charge is -2.05. The van der Waals surface area contributed by atoms with Gasteiger partial charge in [0.25, 0.3) is 40.5 Å². The molecule has 0 aliphatic carbocycles. The van der Waals surface area contributed by atoms with E-state index in [1.54, 1.807) is 72.5 Å². The third kappa shape index (κ3) is 53.9. The first-order valence-electron chi connectivity index (χ1n) is 40.4. The molecule has 0 aromatic carbocycles. The quantitative estimate of drug-likeness (QED) is 0.0120. The molecular weight excluding hydrogens is 1800 g/mol. The van der Waals surface area contributed by atoms with Crippen LogP contribution < -0.4 is 9.47 Å². The van der Waals surface area contributed by atoms with Crippen LogP contribution in [-0.4, -0.2) is 92.5 Å². The van der Waals surface area contributed by atoms with Gasteiger partial charge in [0, 0.05) is 78.0 Å². The smallest absolute Gasteiger partial charge is 0.299 e. The highest BCUT2D eigenvalue weighted by Gasteiger charge is 2.27. The molecule has 124 heavy (non-hydrogen) atoms. The van der Waals surface area contributed by atoms with Crippen LogP contribution in [0.3, 0.4) is 0 Å². The van der Waals surface area contributed by atoms with Crippen LogP contribution in [-0.2, 0) is 85.7 Å². The summed E-state index contributed by atoms with van der Waals surface area (Å²) in [6, 6.07) is 8.95. The van der Waals surface area contributed by atoms with E-state index in [-0.39, 0.29) is 84.7 Å². The van der Waals surface area contributed by atoms with E-state index in [1.807, 2.05) is 61.7 Å². The van der Waals surface area contributed by atoms with Gasteiger partial charge in [-0.25, -0.2) is 19.6 Å². The Morgan fingerprint density at radius 1 is 0.282 bits per heavy atom. The monoisotopic (exact) mass is 1970 g/mol. The zero-order chi connectivity index (χ0) is 88.1. The number of hydrogen-bond acceptors (Lipinski definition) is 22. The van der Waals surface area contributed by atoms with Gasteiger partial charge in [0.15, 0.2) is 5.75 Å². The molecule has 8 rings (SSSR count). The average molecular weight is 1980 g/mol. The van der Waals surface area contributed by atoms with E-state index in [0.29, 0.717) is 63.3 Å². The summed E-state index contributed by atoms with van der Waals surface area (Å²) in [5.41, 5.74) is 6.63. The maximum Gasteiger partial charge on any atom is 0.299 e. The Labute approximate surface area is 791 Å². The summed E-state index contributed by atoms with van der Waals surface area (Å²) in [5.74, 6) is 1.32. The Bertz CT molecular complexity index is 4520. The van der Waals surface area contributed by atoms with Gasteiger partial charge in [0.1, 0.15) is 25.3 Å². The molecule has 728 valence electrons. The zero-order valence-electron chi connectivity index (χ0n) is 73.9. The van der Waals surface area contributed by atoms with Crippen molar-refractivity contribution in [1.29, 1.82) is 0 Å². The van der Waals surface area contributed by atoms with Crippen LogP contribution in [0, 0.1) is 125 Å². The Balaban J connectivity index is -0.000000208. The van der Waals surface area contributed by atoms with E-state index < -0.39 is 40.5 Å². The Morgan fingerprint density at radius 2 is 0.573 bits per heavy atom. The van der Waals surface area contributed by atoms with Crippen molar-refractivity contribution in [1.82, 2.24) is 0 Å². The molecule has 18 nitrogen and oxygen atoms in total. The number of aryl methyl sites for hydroxylation is 19. The molecule has 0 radical (unpaired) electrons. The lowest BCUT2D eigenvalue weighted by molar-refractivity contribution is -0.272.